The fourth-order valence-corrected chi connectivity index (χ4v) is 2.42. The van der Waals surface area contributed by atoms with E-state index in [1.165, 1.54) is 6.42 Å². The summed E-state index contributed by atoms with van der Waals surface area (Å²) in [4.78, 5) is 11.8. The van der Waals surface area contributed by atoms with Crippen molar-refractivity contribution < 1.29 is 4.79 Å². The van der Waals surface area contributed by atoms with Crippen molar-refractivity contribution in [2.45, 2.75) is 51.0 Å². The fraction of sp³-hybridized carbons (Fsp3) is 0.833. The third-order valence-electron chi connectivity index (χ3n) is 3.68. The summed E-state index contributed by atoms with van der Waals surface area (Å²) in [5.74, 6) is 0.402. The normalized spacial score (nSPS) is 31.4. The molecular weight excluding hydrogens is 188 g/mol. The third kappa shape index (κ3) is 2.50. The number of carbonyl (C=O) groups excluding carboxylic acids is 1. The molecule has 0 aromatic heterocycles. The first-order valence-electron chi connectivity index (χ1n) is 5.99. The van der Waals surface area contributed by atoms with Crippen molar-refractivity contribution in [3.63, 3.8) is 0 Å². The van der Waals surface area contributed by atoms with Gasteiger partial charge in [-0.15, -0.1) is 0 Å². The maximum Gasteiger partial charge on any atom is 0.223 e. The molecule has 0 saturated heterocycles. The van der Waals surface area contributed by atoms with Crippen LogP contribution in [0.2, 0.25) is 0 Å². The minimum Gasteiger partial charge on any atom is -0.353 e. The van der Waals surface area contributed by atoms with Crippen LogP contribution in [-0.4, -0.2) is 11.9 Å². The maximum atomic E-state index is 11.8. The summed E-state index contributed by atoms with van der Waals surface area (Å²) in [7, 11) is 0. The van der Waals surface area contributed by atoms with Gasteiger partial charge in [0.1, 0.15) is 0 Å². The summed E-state index contributed by atoms with van der Waals surface area (Å²) in [5, 5.41) is 11.9. The van der Waals surface area contributed by atoms with E-state index in [1.54, 1.807) is 0 Å². The molecule has 0 aliphatic heterocycles. The van der Waals surface area contributed by atoms with E-state index >= 15 is 0 Å². The van der Waals surface area contributed by atoms with Gasteiger partial charge in [-0.25, -0.2) is 0 Å². The van der Waals surface area contributed by atoms with E-state index in [2.05, 4.69) is 11.4 Å². The van der Waals surface area contributed by atoms with Crippen molar-refractivity contribution in [1.82, 2.24) is 5.32 Å². The highest BCUT2D eigenvalue weighted by Gasteiger charge is 2.29. The van der Waals surface area contributed by atoms with Crippen LogP contribution in [-0.2, 0) is 4.79 Å². The number of rotatable bonds is 2. The van der Waals surface area contributed by atoms with Crippen LogP contribution in [0.3, 0.4) is 0 Å². The SMILES string of the molecule is N#C[C@H]1CCC[C@@H](C(=O)NC2CCC2)C1. The van der Waals surface area contributed by atoms with Crippen molar-refractivity contribution in [3.05, 3.63) is 0 Å². The zero-order valence-electron chi connectivity index (χ0n) is 9.04. The van der Waals surface area contributed by atoms with Crippen LogP contribution in [0.15, 0.2) is 0 Å². The lowest BCUT2D eigenvalue weighted by Crippen LogP contribution is -2.43. The van der Waals surface area contributed by atoms with Crippen LogP contribution < -0.4 is 5.32 Å². The highest BCUT2D eigenvalue weighted by Crippen LogP contribution is 2.29. The van der Waals surface area contributed by atoms with Crippen molar-refractivity contribution in [2.24, 2.45) is 11.8 Å². The summed E-state index contributed by atoms with van der Waals surface area (Å²) >= 11 is 0. The molecule has 0 bridgehead atoms. The molecular formula is C12H18N2O. The summed E-state index contributed by atoms with van der Waals surface area (Å²) in [5.41, 5.74) is 0. The quantitative estimate of drug-likeness (QED) is 0.751. The predicted molar refractivity (Wildman–Crippen MR) is 56.8 cm³/mol. The van der Waals surface area contributed by atoms with E-state index in [-0.39, 0.29) is 17.7 Å². The van der Waals surface area contributed by atoms with Gasteiger partial charge in [-0.05, 0) is 38.5 Å². The van der Waals surface area contributed by atoms with E-state index in [0.717, 1.165) is 38.5 Å². The second kappa shape index (κ2) is 4.65. The van der Waals surface area contributed by atoms with Crippen molar-refractivity contribution >= 4 is 5.91 Å². The van der Waals surface area contributed by atoms with Gasteiger partial charge < -0.3 is 5.32 Å². The topological polar surface area (TPSA) is 52.9 Å². The molecule has 0 spiro atoms. The van der Waals surface area contributed by atoms with E-state index in [4.69, 9.17) is 5.26 Å². The molecule has 3 heteroatoms. The van der Waals surface area contributed by atoms with Gasteiger partial charge in [0.25, 0.3) is 0 Å². The Morgan fingerprint density at radius 1 is 1.20 bits per heavy atom. The molecule has 0 radical (unpaired) electrons. The van der Waals surface area contributed by atoms with Gasteiger partial charge in [-0.2, -0.15) is 5.26 Å². The van der Waals surface area contributed by atoms with Crippen molar-refractivity contribution in [1.29, 1.82) is 5.26 Å². The number of carbonyl (C=O) groups is 1. The lowest BCUT2D eigenvalue weighted by atomic mass is 9.81. The Morgan fingerprint density at radius 2 is 1.93 bits per heavy atom. The van der Waals surface area contributed by atoms with Gasteiger partial charge in [0.15, 0.2) is 0 Å². The van der Waals surface area contributed by atoms with Crippen LogP contribution in [0.5, 0.6) is 0 Å². The summed E-state index contributed by atoms with van der Waals surface area (Å²) < 4.78 is 0. The summed E-state index contributed by atoms with van der Waals surface area (Å²) in [6, 6.07) is 2.72. The predicted octanol–water partition coefficient (Wildman–Crippen LogP) is 1.99. The number of amides is 1. The first-order chi connectivity index (χ1) is 7.29. The van der Waals surface area contributed by atoms with Crippen LogP contribution >= 0.6 is 0 Å². The van der Waals surface area contributed by atoms with Gasteiger partial charge >= 0.3 is 0 Å². The van der Waals surface area contributed by atoms with E-state index in [1.807, 2.05) is 0 Å². The van der Waals surface area contributed by atoms with Crippen molar-refractivity contribution in [3.8, 4) is 6.07 Å². The monoisotopic (exact) mass is 206 g/mol. The Bertz CT molecular complexity index is 278. The molecule has 2 atom stereocenters. The minimum atomic E-state index is 0.101. The lowest BCUT2D eigenvalue weighted by molar-refractivity contribution is -0.127. The Labute approximate surface area is 90.8 Å². The Hall–Kier alpha value is -1.04. The molecule has 2 saturated carbocycles. The first kappa shape index (κ1) is 10.5. The molecule has 2 aliphatic carbocycles. The molecule has 0 aromatic rings. The third-order valence-corrected chi connectivity index (χ3v) is 3.68. The smallest absolute Gasteiger partial charge is 0.223 e. The number of hydrogen-bond donors (Lipinski definition) is 1. The second-order valence-corrected chi connectivity index (χ2v) is 4.83. The largest absolute Gasteiger partial charge is 0.353 e. The Morgan fingerprint density at radius 3 is 2.53 bits per heavy atom. The van der Waals surface area contributed by atoms with Crippen LogP contribution in [0, 0.1) is 23.2 Å². The average Bonchev–Trinajstić information content (AvgIpc) is 2.23. The summed E-state index contributed by atoms with van der Waals surface area (Å²) in [6.45, 7) is 0. The zero-order chi connectivity index (χ0) is 10.7. The standard InChI is InChI=1S/C12H18N2O/c13-8-9-3-1-4-10(7-9)12(15)14-11-5-2-6-11/h9-11H,1-7H2,(H,14,15)/t9-,10+/m0/s1. The molecule has 2 rings (SSSR count). The molecule has 3 nitrogen and oxygen atoms in total. The van der Waals surface area contributed by atoms with E-state index in [9.17, 15) is 4.79 Å². The van der Waals surface area contributed by atoms with E-state index < -0.39 is 0 Å². The Kier molecular flexibility index (Phi) is 3.25. The lowest BCUT2D eigenvalue weighted by Gasteiger charge is -2.30. The van der Waals surface area contributed by atoms with Gasteiger partial charge in [-0.3, -0.25) is 4.79 Å². The van der Waals surface area contributed by atoms with Gasteiger partial charge in [-0.1, -0.05) is 6.42 Å². The molecule has 1 amide bonds. The maximum absolute atomic E-state index is 11.8. The minimum absolute atomic E-state index is 0.101. The van der Waals surface area contributed by atoms with Crippen LogP contribution in [0.4, 0.5) is 0 Å². The van der Waals surface area contributed by atoms with Crippen LogP contribution in [0.25, 0.3) is 0 Å². The molecule has 82 valence electrons. The summed E-state index contributed by atoms with van der Waals surface area (Å²) in [6.07, 6.45) is 7.27. The number of nitrogens with one attached hydrogen (secondary N) is 1. The molecule has 2 fully saturated rings. The number of nitrogens with zero attached hydrogens (tertiary/aromatic N) is 1. The molecule has 0 heterocycles. The second-order valence-electron chi connectivity index (χ2n) is 4.83. The number of nitriles is 1. The zero-order valence-corrected chi connectivity index (χ0v) is 9.04. The average molecular weight is 206 g/mol. The molecule has 2 aliphatic rings. The van der Waals surface area contributed by atoms with Crippen LogP contribution in [0.1, 0.15) is 44.9 Å². The van der Waals surface area contributed by atoms with Crippen molar-refractivity contribution in [2.75, 3.05) is 0 Å². The fourth-order valence-electron chi connectivity index (χ4n) is 2.42. The van der Waals surface area contributed by atoms with E-state index in [0.29, 0.717) is 6.04 Å². The highest BCUT2D eigenvalue weighted by atomic mass is 16.1. The molecule has 15 heavy (non-hydrogen) atoms. The molecule has 0 unspecified atom stereocenters. The first-order valence-corrected chi connectivity index (χ1v) is 5.99. The van der Waals surface area contributed by atoms with Gasteiger partial charge in [0.2, 0.25) is 5.91 Å². The molecule has 0 aromatic carbocycles. The molecule has 1 N–H and O–H groups in total. The highest BCUT2D eigenvalue weighted by molar-refractivity contribution is 5.79. The van der Waals surface area contributed by atoms with Gasteiger partial charge in [0.05, 0.1) is 6.07 Å². The Balaban J connectivity index is 1.81. The van der Waals surface area contributed by atoms with Gasteiger partial charge in [0, 0.05) is 17.9 Å². The number of hydrogen-bond acceptors (Lipinski definition) is 2.